The van der Waals surface area contributed by atoms with E-state index in [1.165, 1.54) is 154 Å². The number of esters is 2. The van der Waals surface area contributed by atoms with Gasteiger partial charge < -0.3 is 14.6 Å². The van der Waals surface area contributed by atoms with Crippen molar-refractivity contribution < 1.29 is 24.2 Å². The van der Waals surface area contributed by atoms with E-state index < -0.39 is 6.10 Å². The van der Waals surface area contributed by atoms with Crippen LogP contribution in [0, 0.1) is 0 Å². The van der Waals surface area contributed by atoms with E-state index in [0.29, 0.717) is 12.8 Å². The molecule has 5 nitrogen and oxygen atoms in total. The van der Waals surface area contributed by atoms with Gasteiger partial charge in [0.25, 0.3) is 0 Å². The highest BCUT2D eigenvalue weighted by molar-refractivity contribution is 5.70. The minimum Gasteiger partial charge on any atom is -0.462 e. The van der Waals surface area contributed by atoms with Crippen molar-refractivity contribution in [3.8, 4) is 0 Å². The summed E-state index contributed by atoms with van der Waals surface area (Å²) in [4.78, 5) is 24.5. The van der Waals surface area contributed by atoms with Crippen LogP contribution in [-0.2, 0) is 19.1 Å². The Morgan fingerprint density at radius 1 is 0.358 bits per heavy atom. The first kappa shape index (κ1) is 63.8. The highest BCUT2D eigenvalue weighted by Crippen LogP contribution is 2.15. The third-order valence-corrected chi connectivity index (χ3v) is 12.1. The molecule has 0 saturated heterocycles. The molecular weight excluding hydrogens is 825 g/mol. The van der Waals surface area contributed by atoms with Crippen molar-refractivity contribution in [3.63, 3.8) is 0 Å². The first-order valence-corrected chi connectivity index (χ1v) is 28.3. The summed E-state index contributed by atoms with van der Waals surface area (Å²) in [6, 6.07) is 0. The van der Waals surface area contributed by atoms with Crippen LogP contribution in [0.15, 0.2) is 97.2 Å². The summed E-state index contributed by atoms with van der Waals surface area (Å²) in [7, 11) is 0. The van der Waals surface area contributed by atoms with E-state index in [2.05, 4.69) is 111 Å². The Labute approximate surface area is 415 Å². The SMILES string of the molecule is CC/C=C\C/C=C\C/C=C\C/C=C\C/C=C\C/C=C\C/C=C\CCCCCCCCCCCCCCCC(=O)OC(CO)COC(=O)CCCCCCCCC/C=C\CCCCCCCCC. The Morgan fingerprint density at radius 3 is 0.985 bits per heavy atom. The van der Waals surface area contributed by atoms with Gasteiger partial charge in [-0.05, 0) is 96.3 Å². The molecule has 0 fully saturated rings. The van der Waals surface area contributed by atoms with Crippen molar-refractivity contribution in [1.82, 2.24) is 0 Å². The Hall–Kier alpha value is -3.18. The zero-order chi connectivity index (χ0) is 48.5. The molecule has 0 heterocycles. The van der Waals surface area contributed by atoms with Gasteiger partial charge in [-0.15, -0.1) is 0 Å². The van der Waals surface area contributed by atoms with E-state index in [0.717, 1.165) is 83.5 Å². The highest BCUT2D eigenvalue weighted by Gasteiger charge is 2.16. The van der Waals surface area contributed by atoms with Gasteiger partial charge in [0.2, 0.25) is 0 Å². The molecule has 1 N–H and O–H groups in total. The smallest absolute Gasteiger partial charge is 0.306 e. The molecule has 0 spiro atoms. The van der Waals surface area contributed by atoms with Crippen LogP contribution in [0.2, 0.25) is 0 Å². The van der Waals surface area contributed by atoms with E-state index in [1.807, 2.05) is 0 Å². The number of unbranched alkanes of at least 4 members (excludes halogenated alkanes) is 27. The standard InChI is InChI=1S/C62H106O5/c1-3-5-7-9-11-13-15-17-19-21-23-24-25-26-27-28-29-30-31-32-33-34-35-36-37-38-39-41-43-45-47-49-51-53-55-57-62(65)67-60(58-63)59-66-61(64)56-54-52-50-48-46-44-42-40-22-20-18-16-14-12-10-8-6-4-2/h5,7,11,13,17,19-20,22-24,26-27,29-30,32-33,60,63H,3-4,6,8-10,12,14-16,18,21,25,28,31,34-59H2,1-2H3/b7-5-,13-11-,19-17-,22-20-,24-23-,27-26-,30-29-,33-32-. The number of allylic oxidation sites excluding steroid dienone is 16. The zero-order valence-electron chi connectivity index (χ0n) is 43.9. The fourth-order valence-corrected chi connectivity index (χ4v) is 7.88. The topological polar surface area (TPSA) is 72.8 Å². The quantitative estimate of drug-likeness (QED) is 0.0374. The maximum absolute atomic E-state index is 12.3. The van der Waals surface area contributed by atoms with Gasteiger partial charge in [-0.1, -0.05) is 252 Å². The summed E-state index contributed by atoms with van der Waals surface area (Å²) in [5, 5.41) is 9.64. The molecule has 0 aromatic heterocycles. The van der Waals surface area contributed by atoms with E-state index in [4.69, 9.17) is 9.47 Å². The molecule has 1 unspecified atom stereocenters. The second-order valence-corrected chi connectivity index (χ2v) is 18.6. The number of carbonyl (C=O) groups is 2. The molecule has 67 heavy (non-hydrogen) atoms. The van der Waals surface area contributed by atoms with Crippen molar-refractivity contribution in [2.75, 3.05) is 13.2 Å². The van der Waals surface area contributed by atoms with Crippen LogP contribution < -0.4 is 0 Å². The van der Waals surface area contributed by atoms with Crippen molar-refractivity contribution >= 4 is 11.9 Å². The van der Waals surface area contributed by atoms with Gasteiger partial charge in [-0.2, -0.15) is 0 Å². The van der Waals surface area contributed by atoms with Crippen LogP contribution >= 0.6 is 0 Å². The molecule has 0 aromatic rings. The maximum atomic E-state index is 12.3. The van der Waals surface area contributed by atoms with E-state index in [-0.39, 0.29) is 25.2 Å². The monoisotopic (exact) mass is 931 g/mol. The van der Waals surface area contributed by atoms with Gasteiger partial charge in [-0.3, -0.25) is 9.59 Å². The number of carbonyl (C=O) groups excluding carboxylic acids is 2. The molecule has 0 rings (SSSR count). The van der Waals surface area contributed by atoms with Crippen LogP contribution in [0.25, 0.3) is 0 Å². The molecule has 5 heteroatoms. The lowest BCUT2D eigenvalue weighted by molar-refractivity contribution is -0.161. The summed E-state index contributed by atoms with van der Waals surface area (Å²) in [6.07, 6.45) is 80.9. The number of hydrogen-bond acceptors (Lipinski definition) is 5. The van der Waals surface area contributed by atoms with Gasteiger partial charge in [0.1, 0.15) is 6.61 Å². The van der Waals surface area contributed by atoms with Crippen molar-refractivity contribution in [3.05, 3.63) is 97.2 Å². The third kappa shape index (κ3) is 55.3. The zero-order valence-corrected chi connectivity index (χ0v) is 43.9. The summed E-state index contributed by atoms with van der Waals surface area (Å²) in [6.45, 7) is 4.03. The Morgan fingerprint density at radius 2 is 0.642 bits per heavy atom. The number of hydrogen-bond donors (Lipinski definition) is 1. The molecule has 0 radical (unpaired) electrons. The average molecular weight is 932 g/mol. The largest absolute Gasteiger partial charge is 0.462 e. The van der Waals surface area contributed by atoms with Gasteiger partial charge in [0, 0.05) is 12.8 Å². The molecule has 0 aliphatic heterocycles. The number of aliphatic hydroxyl groups excluding tert-OH is 1. The molecule has 0 bridgehead atoms. The molecular formula is C62H106O5. The lowest BCUT2D eigenvalue weighted by Gasteiger charge is -2.15. The summed E-state index contributed by atoms with van der Waals surface area (Å²) in [5.74, 6) is -0.594. The number of rotatable bonds is 51. The Balaban J connectivity index is 3.52. The predicted molar refractivity (Wildman–Crippen MR) is 292 cm³/mol. The first-order chi connectivity index (χ1) is 33.1. The van der Waals surface area contributed by atoms with Gasteiger partial charge in [0.15, 0.2) is 6.10 Å². The van der Waals surface area contributed by atoms with E-state index in [9.17, 15) is 14.7 Å². The van der Waals surface area contributed by atoms with Crippen LogP contribution in [0.5, 0.6) is 0 Å². The predicted octanol–water partition coefficient (Wildman–Crippen LogP) is 19.1. The summed E-state index contributed by atoms with van der Waals surface area (Å²) < 4.78 is 10.7. The van der Waals surface area contributed by atoms with Crippen molar-refractivity contribution in [2.24, 2.45) is 0 Å². The van der Waals surface area contributed by atoms with Crippen LogP contribution in [0.1, 0.15) is 264 Å². The molecule has 0 aromatic carbocycles. The van der Waals surface area contributed by atoms with Gasteiger partial charge >= 0.3 is 11.9 Å². The van der Waals surface area contributed by atoms with E-state index in [1.54, 1.807) is 0 Å². The van der Waals surface area contributed by atoms with Gasteiger partial charge in [0.05, 0.1) is 6.61 Å². The molecule has 0 saturated carbocycles. The Kier molecular flexibility index (Phi) is 54.4. The fourth-order valence-electron chi connectivity index (χ4n) is 7.88. The number of aliphatic hydroxyl groups is 1. The minimum atomic E-state index is -0.779. The normalized spacial score (nSPS) is 12.9. The lowest BCUT2D eigenvalue weighted by atomic mass is 10.0. The van der Waals surface area contributed by atoms with Crippen molar-refractivity contribution in [2.45, 2.75) is 270 Å². The summed E-state index contributed by atoms with van der Waals surface area (Å²) in [5.41, 5.74) is 0. The molecule has 0 aliphatic carbocycles. The second kappa shape index (κ2) is 57.1. The molecule has 1 atom stereocenters. The maximum Gasteiger partial charge on any atom is 0.306 e. The van der Waals surface area contributed by atoms with Crippen LogP contribution in [-0.4, -0.2) is 36.4 Å². The lowest BCUT2D eigenvalue weighted by Crippen LogP contribution is -2.28. The van der Waals surface area contributed by atoms with Gasteiger partial charge in [-0.25, -0.2) is 0 Å². The minimum absolute atomic E-state index is 0.0704. The average Bonchev–Trinajstić information content (AvgIpc) is 3.33. The fraction of sp³-hybridized carbons (Fsp3) is 0.710. The highest BCUT2D eigenvalue weighted by atomic mass is 16.6. The second-order valence-electron chi connectivity index (χ2n) is 18.6. The van der Waals surface area contributed by atoms with Crippen LogP contribution in [0.3, 0.4) is 0 Å². The first-order valence-electron chi connectivity index (χ1n) is 28.3. The molecule has 384 valence electrons. The molecule has 0 aliphatic rings. The van der Waals surface area contributed by atoms with Crippen LogP contribution in [0.4, 0.5) is 0 Å². The summed E-state index contributed by atoms with van der Waals surface area (Å²) >= 11 is 0. The van der Waals surface area contributed by atoms with Crippen molar-refractivity contribution in [1.29, 1.82) is 0 Å². The van der Waals surface area contributed by atoms with E-state index >= 15 is 0 Å². The Bertz CT molecular complexity index is 1280. The number of ether oxygens (including phenoxy) is 2. The molecule has 0 amide bonds. The third-order valence-electron chi connectivity index (χ3n) is 12.1.